The van der Waals surface area contributed by atoms with Crippen LogP contribution >= 0.6 is 11.8 Å². The molecule has 0 spiro atoms. The molecular formula is C21H17N3O2S. The van der Waals surface area contributed by atoms with Crippen molar-refractivity contribution >= 4 is 45.6 Å². The zero-order valence-electron chi connectivity index (χ0n) is 14.7. The maximum absolute atomic E-state index is 11.7. The fraction of sp³-hybridized carbons (Fsp3) is 0.0952. The van der Waals surface area contributed by atoms with Crippen LogP contribution in [0, 0.1) is 0 Å². The van der Waals surface area contributed by atoms with Crippen LogP contribution in [0.1, 0.15) is 11.1 Å². The van der Waals surface area contributed by atoms with Gasteiger partial charge in [-0.25, -0.2) is 0 Å². The number of anilines is 1. The summed E-state index contributed by atoms with van der Waals surface area (Å²) < 4.78 is 0. The molecule has 1 saturated heterocycles. The van der Waals surface area contributed by atoms with E-state index in [4.69, 9.17) is 0 Å². The fourth-order valence-electron chi connectivity index (χ4n) is 2.98. The van der Waals surface area contributed by atoms with Crippen LogP contribution in [0.5, 0.6) is 0 Å². The molecule has 6 heteroatoms. The minimum absolute atomic E-state index is 0.341. The SMILES string of the molecule is CN(Cc1ccc2cc(/C=C3\SC(=O)NC3=O)cnc2c1)c1ccccc1. The van der Waals surface area contributed by atoms with Crippen LogP contribution in [0.25, 0.3) is 17.0 Å². The molecule has 0 unspecified atom stereocenters. The normalized spacial score (nSPS) is 15.4. The highest BCUT2D eigenvalue weighted by Gasteiger charge is 2.24. The van der Waals surface area contributed by atoms with Gasteiger partial charge in [-0.3, -0.25) is 19.9 Å². The molecule has 5 nitrogen and oxygen atoms in total. The van der Waals surface area contributed by atoms with E-state index in [9.17, 15) is 9.59 Å². The van der Waals surface area contributed by atoms with Gasteiger partial charge in [0.25, 0.3) is 11.1 Å². The van der Waals surface area contributed by atoms with E-state index >= 15 is 0 Å². The maximum atomic E-state index is 11.7. The van der Waals surface area contributed by atoms with Crippen molar-refractivity contribution in [1.82, 2.24) is 10.3 Å². The number of pyridine rings is 1. The molecule has 1 aliphatic heterocycles. The molecular weight excluding hydrogens is 358 g/mol. The van der Waals surface area contributed by atoms with Crippen LogP contribution in [-0.4, -0.2) is 23.2 Å². The van der Waals surface area contributed by atoms with Crippen LogP contribution in [0.4, 0.5) is 10.5 Å². The second-order valence-corrected chi connectivity index (χ2v) is 7.35. The van der Waals surface area contributed by atoms with Crippen molar-refractivity contribution < 1.29 is 9.59 Å². The monoisotopic (exact) mass is 375 g/mol. The lowest BCUT2D eigenvalue weighted by molar-refractivity contribution is -0.115. The Hall–Kier alpha value is -3.12. The number of carbonyl (C=O) groups excluding carboxylic acids is 2. The molecule has 0 saturated carbocycles. The molecule has 1 N–H and O–H groups in total. The number of hydrogen-bond donors (Lipinski definition) is 1. The highest BCUT2D eigenvalue weighted by molar-refractivity contribution is 8.18. The molecule has 1 aromatic heterocycles. The number of thioether (sulfide) groups is 1. The van der Waals surface area contributed by atoms with Gasteiger partial charge in [0.2, 0.25) is 0 Å². The number of amides is 2. The Morgan fingerprint density at radius 2 is 1.93 bits per heavy atom. The van der Waals surface area contributed by atoms with Crippen LogP contribution in [0.2, 0.25) is 0 Å². The number of rotatable bonds is 4. The Bertz CT molecular complexity index is 1060. The summed E-state index contributed by atoms with van der Waals surface area (Å²) in [5.41, 5.74) is 4.03. The smallest absolute Gasteiger partial charge is 0.290 e. The summed E-state index contributed by atoms with van der Waals surface area (Å²) in [6, 6.07) is 18.4. The average molecular weight is 375 g/mol. The number of para-hydroxylation sites is 1. The average Bonchev–Trinajstić information content (AvgIpc) is 2.99. The van der Waals surface area contributed by atoms with Crippen molar-refractivity contribution in [2.24, 2.45) is 0 Å². The molecule has 134 valence electrons. The fourth-order valence-corrected chi connectivity index (χ4v) is 3.66. The molecule has 1 aliphatic rings. The minimum atomic E-state index is -0.357. The van der Waals surface area contributed by atoms with Gasteiger partial charge in [0.1, 0.15) is 0 Å². The third-order valence-corrected chi connectivity index (χ3v) is 5.14. The Labute approximate surface area is 161 Å². The van der Waals surface area contributed by atoms with Gasteiger partial charge in [0.15, 0.2) is 0 Å². The first-order valence-electron chi connectivity index (χ1n) is 8.48. The van der Waals surface area contributed by atoms with Crippen LogP contribution in [0.15, 0.2) is 65.7 Å². The molecule has 2 aromatic carbocycles. The number of hydrogen-bond acceptors (Lipinski definition) is 5. The minimum Gasteiger partial charge on any atom is -0.370 e. The Kier molecular flexibility index (Phi) is 4.64. The second kappa shape index (κ2) is 7.25. The molecule has 3 aromatic rings. The number of nitrogens with one attached hydrogen (secondary N) is 1. The molecule has 27 heavy (non-hydrogen) atoms. The number of imide groups is 1. The molecule has 1 fully saturated rings. The van der Waals surface area contributed by atoms with Crippen LogP contribution < -0.4 is 10.2 Å². The van der Waals surface area contributed by atoms with Crippen molar-refractivity contribution in [2.75, 3.05) is 11.9 Å². The summed E-state index contributed by atoms with van der Waals surface area (Å²) in [6.45, 7) is 0.784. The highest BCUT2D eigenvalue weighted by Crippen LogP contribution is 2.26. The number of fused-ring (bicyclic) bond motifs is 1. The molecule has 4 rings (SSSR count). The Balaban J connectivity index is 1.56. The standard InChI is InChI=1S/C21H17N3O2S/c1-24(17-5-3-2-4-6-17)13-14-7-8-16-9-15(12-22-18(16)10-14)11-19-20(25)23-21(26)27-19/h2-12H,13H2,1H3,(H,23,25,26)/b19-11-. The zero-order chi connectivity index (χ0) is 18.8. The third-order valence-electron chi connectivity index (χ3n) is 4.33. The van der Waals surface area contributed by atoms with E-state index < -0.39 is 0 Å². The van der Waals surface area contributed by atoms with Crippen LogP contribution in [0.3, 0.4) is 0 Å². The molecule has 2 heterocycles. The van der Waals surface area contributed by atoms with Gasteiger partial charge in [-0.15, -0.1) is 0 Å². The van der Waals surface area contributed by atoms with E-state index in [1.54, 1.807) is 12.3 Å². The van der Waals surface area contributed by atoms with E-state index in [0.29, 0.717) is 4.91 Å². The largest absolute Gasteiger partial charge is 0.370 e. The van der Waals surface area contributed by atoms with Gasteiger partial charge in [-0.1, -0.05) is 30.3 Å². The first kappa shape index (κ1) is 17.3. The van der Waals surface area contributed by atoms with E-state index in [1.807, 2.05) is 30.3 Å². The predicted molar refractivity (Wildman–Crippen MR) is 109 cm³/mol. The van der Waals surface area contributed by atoms with Crippen molar-refractivity contribution in [3.8, 4) is 0 Å². The number of carbonyl (C=O) groups is 2. The quantitative estimate of drug-likeness (QED) is 0.693. The molecule has 0 radical (unpaired) electrons. The lowest BCUT2D eigenvalue weighted by Crippen LogP contribution is -2.17. The summed E-state index contributed by atoms with van der Waals surface area (Å²) in [7, 11) is 2.06. The first-order chi connectivity index (χ1) is 13.1. The van der Waals surface area contributed by atoms with E-state index in [2.05, 4.69) is 46.5 Å². The lowest BCUT2D eigenvalue weighted by atomic mass is 10.1. The maximum Gasteiger partial charge on any atom is 0.290 e. The van der Waals surface area contributed by atoms with Gasteiger partial charge in [0, 0.05) is 30.9 Å². The van der Waals surface area contributed by atoms with Gasteiger partial charge >= 0.3 is 0 Å². The summed E-state index contributed by atoms with van der Waals surface area (Å²) in [5, 5.41) is 2.91. The molecule has 2 amide bonds. The predicted octanol–water partition coefficient (Wildman–Crippen LogP) is 4.20. The Morgan fingerprint density at radius 1 is 1.11 bits per heavy atom. The van der Waals surface area contributed by atoms with Gasteiger partial charge < -0.3 is 4.90 Å². The zero-order valence-corrected chi connectivity index (χ0v) is 15.5. The third kappa shape index (κ3) is 3.85. The van der Waals surface area contributed by atoms with Crippen molar-refractivity contribution in [2.45, 2.75) is 6.54 Å². The second-order valence-electron chi connectivity index (χ2n) is 6.34. The van der Waals surface area contributed by atoms with Crippen molar-refractivity contribution in [3.63, 3.8) is 0 Å². The van der Waals surface area contributed by atoms with Crippen LogP contribution in [-0.2, 0) is 11.3 Å². The van der Waals surface area contributed by atoms with E-state index in [-0.39, 0.29) is 11.1 Å². The van der Waals surface area contributed by atoms with Crippen molar-refractivity contribution in [3.05, 3.63) is 76.8 Å². The molecule has 0 aliphatic carbocycles. The summed E-state index contributed by atoms with van der Waals surface area (Å²) in [4.78, 5) is 30.0. The number of benzene rings is 2. The first-order valence-corrected chi connectivity index (χ1v) is 9.30. The summed E-state index contributed by atoms with van der Waals surface area (Å²) in [6.07, 6.45) is 3.41. The summed E-state index contributed by atoms with van der Waals surface area (Å²) in [5.74, 6) is -0.357. The van der Waals surface area contributed by atoms with Gasteiger partial charge in [0.05, 0.1) is 10.4 Å². The van der Waals surface area contributed by atoms with Gasteiger partial charge in [-0.05, 0) is 53.2 Å². The summed E-state index contributed by atoms with van der Waals surface area (Å²) >= 11 is 0.909. The number of aromatic nitrogens is 1. The van der Waals surface area contributed by atoms with Gasteiger partial charge in [-0.2, -0.15) is 0 Å². The highest BCUT2D eigenvalue weighted by atomic mass is 32.2. The molecule has 0 atom stereocenters. The van der Waals surface area contributed by atoms with Crippen molar-refractivity contribution in [1.29, 1.82) is 0 Å². The van der Waals surface area contributed by atoms with E-state index in [1.165, 1.54) is 5.56 Å². The topological polar surface area (TPSA) is 62.3 Å². The van der Waals surface area contributed by atoms with E-state index in [0.717, 1.165) is 40.5 Å². The molecule has 0 bridgehead atoms. The lowest BCUT2D eigenvalue weighted by Gasteiger charge is -2.19. The Morgan fingerprint density at radius 3 is 2.67 bits per heavy atom. The number of nitrogens with zero attached hydrogens (tertiary/aromatic N) is 2.